The molecule has 2 aliphatic heterocycles. The molecule has 474 valence electrons. The molecule has 5 heterocycles. The zero-order valence-electron chi connectivity index (χ0n) is 57.4. The molecule has 0 saturated heterocycles. The van der Waals surface area contributed by atoms with Crippen LogP contribution in [0.25, 0.3) is 96.0 Å². The zero-order valence-corrected chi connectivity index (χ0v) is 59.0. The van der Waals surface area contributed by atoms with Gasteiger partial charge in [-0.2, -0.15) is 0 Å². The molecule has 0 aliphatic carbocycles. The van der Waals surface area contributed by atoms with Gasteiger partial charge >= 0.3 is 6.85 Å². The number of rotatable bonds is 8. The smallest absolute Gasteiger partial charge is 0.333 e. The lowest BCUT2D eigenvalue weighted by Gasteiger charge is -2.46. The minimum Gasteiger partial charge on any atom is -0.454 e. The molecule has 7 heteroatoms. The van der Waals surface area contributed by atoms with Crippen LogP contribution in [0.5, 0.6) is 0 Å². The van der Waals surface area contributed by atoms with Crippen LogP contribution in [0.15, 0.2) is 259 Å². The van der Waals surface area contributed by atoms with E-state index in [0.717, 1.165) is 72.9 Å². The predicted molar refractivity (Wildman–Crippen MR) is 422 cm³/mol. The van der Waals surface area contributed by atoms with Crippen LogP contribution < -0.4 is 25.5 Å². The Labute approximate surface area is 578 Å². The molecular weight excluding hydrogens is 1210 g/mol. The molecule has 0 bridgehead atoms. The van der Waals surface area contributed by atoms with Gasteiger partial charge < -0.3 is 19.0 Å². The minimum absolute atomic E-state index is 0.0263. The highest BCUT2D eigenvalue weighted by Gasteiger charge is 2.48. The van der Waals surface area contributed by atoms with Gasteiger partial charge in [0.05, 0.1) is 11.4 Å². The lowest BCUT2D eigenvalue weighted by atomic mass is 9.43. The number of para-hydroxylation sites is 1. The van der Waals surface area contributed by atoms with Gasteiger partial charge in [-0.15, -0.1) is 22.7 Å². The lowest BCUT2D eigenvalue weighted by molar-refractivity contribution is 0.590. The molecule has 0 saturated carbocycles. The third-order valence-corrected chi connectivity index (χ3v) is 22.9. The Bertz CT molecular complexity index is 5540. The van der Waals surface area contributed by atoms with Gasteiger partial charge in [0.2, 0.25) is 0 Å². The maximum atomic E-state index is 7.53. The van der Waals surface area contributed by atoms with E-state index in [4.69, 9.17) is 4.42 Å². The number of furan rings is 1. The topological polar surface area (TPSA) is 22.9 Å². The predicted octanol–water partition coefficient (Wildman–Crippen LogP) is 25.5. The van der Waals surface area contributed by atoms with Crippen molar-refractivity contribution in [1.82, 2.24) is 0 Å². The largest absolute Gasteiger partial charge is 0.454 e. The number of hydrogen-bond donors (Lipinski definition) is 0. The van der Waals surface area contributed by atoms with Crippen molar-refractivity contribution in [1.29, 1.82) is 0 Å². The summed E-state index contributed by atoms with van der Waals surface area (Å²) in [4.78, 5) is 10.3. The Morgan fingerprint density at radius 1 is 0.351 bits per heavy atom. The monoisotopic (exact) mass is 1290 g/mol. The third-order valence-electron chi connectivity index (χ3n) is 20.5. The average molecular weight is 1290 g/mol. The molecular formula is C90H78BN3OS2. The summed E-state index contributed by atoms with van der Waals surface area (Å²) in [6.45, 7) is 27.4. The Hall–Kier alpha value is -9.92. The fourth-order valence-corrected chi connectivity index (χ4v) is 17.6. The second kappa shape index (κ2) is 22.3. The molecule has 0 spiro atoms. The summed E-state index contributed by atoms with van der Waals surface area (Å²) in [6, 6.07) is 96.9. The molecule has 0 unspecified atom stereocenters. The highest BCUT2D eigenvalue weighted by molar-refractivity contribution is 7.26. The van der Waals surface area contributed by atoms with E-state index in [1.807, 2.05) is 22.7 Å². The van der Waals surface area contributed by atoms with Gasteiger partial charge in [-0.25, -0.2) is 0 Å². The molecule has 15 aromatic rings. The number of nitrogens with zero attached hydrogens (tertiary/aromatic N) is 3. The molecule has 3 aromatic heterocycles. The minimum atomic E-state index is -0.315. The standard InChI is InChI=1S/C90H78BN3OS2/c1-87(2,3)58-32-39-62(40-33-58)92(63-41-34-59(35-42-63)88(4,5)6)65-45-46-67-70-50-69-71-51-72-66-30-22-23-31-79(66)95-84(72)83-82(71)91(94(77(69)54-81(70)96-80(67)49-65)64-43-36-60(37-44-64)89(7,8)9)75-52-73-74(86(57-28-20-15-21-29-57)97-85(73)56-26-18-14-19-27-56)53-78(75)93(83)76-47-38-61(90(10,11)12)48-68(76)55-24-16-13-17-25-55/h13-54H,1-12H3. The quantitative estimate of drug-likeness (QED) is 0.141. The van der Waals surface area contributed by atoms with Crippen molar-refractivity contribution >= 4 is 139 Å². The highest BCUT2D eigenvalue weighted by Crippen LogP contribution is 2.56. The van der Waals surface area contributed by atoms with E-state index < -0.39 is 0 Å². The summed E-state index contributed by atoms with van der Waals surface area (Å²) >= 11 is 3.79. The van der Waals surface area contributed by atoms with E-state index in [1.54, 1.807) is 0 Å². The molecule has 0 amide bonds. The van der Waals surface area contributed by atoms with Crippen LogP contribution in [0.1, 0.15) is 105 Å². The van der Waals surface area contributed by atoms with Crippen LogP contribution in [0.4, 0.5) is 45.5 Å². The van der Waals surface area contributed by atoms with Crippen LogP contribution in [0.3, 0.4) is 0 Å². The van der Waals surface area contributed by atoms with E-state index in [-0.39, 0.29) is 28.5 Å². The summed E-state index contributed by atoms with van der Waals surface area (Å²) in [5.41, 5.74) is 25.4. The Balaban J connectivity index is 0.987. The summed E-state index contributed by atoms with van der Waals surface area (Å²) in [7, 11) is 0. The van der Waals surface area contributed by atoms with Crippen LogP contribution >= 0.6 is 22.7 Å². The van der Waals surface area contributed by atoms with E-state index in [9.17, 15) is 0 Å². The van der Waals surface area contributed by atoms with Crippen molar-refractivity contribution in [2.24, 2.45) is 0 Å². The SMILES string of the molecule is CC(C)(C)c1ccc(N2B3c4cc5c(-c6ccccc6)sc(-c6ccccc6)c5cc4N(c4ccc(C(C)(C)C)cc4-c4ccccc4)c4c3c(cc3c4oc4ccccc43)-c3cc4c(cc32)sc2cc(N(c3ccc(C(C)(C)C)cc3)c3ccc(C(C)(C)C)cc3)ccc24)cc1. The molecule has 4 nitrogen and oxygen atoms in total. The summed E-state index contributed by atoms with van der Waals surface area (Å²) in [6.07, 6.45) is 0. The highest BCUT2D eigenvalue weighted by atomic mass is 32.1. The second-order valence-electron chi connectivity index (χ2n) is 30.9. The number of benzene rings is 12. The van der Waals surface area contributed by atoms with Gasteiger partial charge in [0.15, 0.2) is 5.58 Å². The van der Waals surface area contributed by atoms with Crippen LogP contribution in [-0.4, -0.2) is 6.85 Å². The molecule has 97 heavy (non-hydrogen) atoms. The molecule has 0 atom stereocenters. The first-order chi connectivity index (χ1) is 46.6. The summed E-state index contributed by atoms with van der Waals surface area (Å²) in [5.74, 6) is 0. The van der Waals surface area contributed by atoms with Gasteiger partial charge in [-0.3, -0.25) is 0 Å². The molecule has 12 aromatic carbocycles. The van der Waals surface area contributed by atoms with Crippen molar-refractivity contribution in [2.45, 2.75) is 105 Å². The van der Waals surface area contributed by atoms with E-state index in [2.05, 4.69) is 352 Å². The summed E-state index contributed by atoms with van der Waals surface area (Å²) < 4.78 is 10.0. The van der Waals surface area contributed by atoms with Crippen molar-refractivity contribution in [3.8, 4) is 43.1 Å². The van der Waals surface area contributed by atoms with Crippen LogP contribution in [0, 0.1) is 0 Å². The van der Waals surface area contributed by atoms with Gasteiger partial charge in [-0.05, 0) is 168 Å². The molecule has 0 N–H and O–H groups in total. The van der Waals surface area contributed by atoms with Crippen molar-refractivity contribution < 1.29 is 4.42 Å². The van der Waals surface area contributed by atoms with Crippen molar-refractivity contribution in [2.75, 3.05) is 14.6 Å². The van der Waals surface area contributed by atoms with Crippen LogP contribution in [-0.2, 0) is 21.7 Å². The zero-order chi connectivity index (χ0) is 66.6. The molecule has 2 aliphatic rings. The van der Waals surface area contributed by atoms with E-state index in [0.29, 0.717) is 0 Å². The van der Waals surface area contributed by atoms with Crippen molar-refractivity contribution in [3.05, 3.63) is 277 Å². The Morgan fingerprint density at radius 3 is 1.44 bits per heavy atom. The second-order valence-corrected chi connectivity index (χ2v) is 33.0. The molecule has 0 radical (unpaired) electrons. The number of hydrogen-bond acceptors (Lipinski definition) is 6. The van der Waals surface area contributed by atoms with Crippen molar-refractivity contribution in [3.63, 3.8) is 0 Å². The first-order valence-electron chi connectivity index (χ1n) is 34.2. The first-order valence-corrected chi connectivity index (χ1v) is 35.9. The van der Waals surface area contributed by atoms with E-state index >= 15 is 0 Å². The van der Waals surface area contributed by atoms with Gasteiger partial charge in [0, 0.05) is 96.7 Å². The summed E-state index contributed by atoms with van der Waals surface area (Å²) in [5, 5.41) is 7.13. The van der Waals surface area contributed by atoms with Gasteiger partial charge in [0.1, 0.15) is 5.58 Å². The Kier molecular flexibility index (Phi) is 14.0. The number of anilines is 8. The van der Waals surface area contributed by atoms with Gasteiger partial charge in [-0.1, -0.05) is 247 Å². The lowest BCUT2D eigenvalue weighted by Crippen LogP contribution is -2.61. The van der Waals surface area contributed by atoms with E-state index in [1.165, 1.54) is 102 Å². The number of thiophene rings is 2. The van der Waals surface area contributed by atoms with Gasteiger partial charge in [0.25, 0.3) is 0 Å². The number of fused-ring (bicyclic) bond motifs is 12. The normalized spacial score (nSPS) is 13.3. The fraction of sp³-hybridized carbons (Fsp3) is 0.178. The molecule has 17 rings (SSSR count). The Morgan fingerprint density at radius 2 is 0.856 bits per heavy atom. The fourth-order valence-electron chi connectivity index (χ4n) is 15.2. The third kappa shape index (κ3) is 10.1. The average Bonchev–Trinajstić information content (AvgIpc) is 1.67. The maximum Gasteiger partial charge on any atom is 0.333 e. The first kappa shape index (κ1) is 60.7. The molecule has 0 fully saturated rings. The van der Waals surface area contributed by atoms with Crippen LogP contribution in [0.2, 0.25) is 0 Å². The maximum absolute atomic E-state index is 7.53.